The zero-order chi connectivity index (χ0) is 19.9. The second-order valence-electron chi connectivity index (χ2n) is 9.01. The van der Waals surface area contributed by atoms with E-state index >= 15 is 0 Å². The third kappa shape index (κ3) is 5.04. The molecule has 0 unspecified atom stereocenters. The predicted octanol–water partition coefficient (Wildman–Crippen LogP) is 4.29. The molecule has 1 fully saturated rings. The molecule has 0 bridgehead atoms. The van der Waals surface area contributed by atoms with Crippen LogP contribution < -0.4 is 5.32 Å². The Morgan fingerprint density at radius 2 is 1.83 bits per heavy atom. The monoisotopic (exact) mass is 443 g/mol. The summed E-state index contributed by atoms with van der Waals surface area (Å²) in [7, 11) is 1.93. The molecular weight excluding hydrogens is 409 g/mol. The molecule has 1 saturated heterocycles. The van der Waals surface area contributed by atoms with Crippen molar-refractivity contribution in [1.82, 2.24) is 25.0 Å². The number of fused-ring (bicyclic) bond motifs is 1. The van der Waals surface area contributed by atoms with Gasteiger partial charge >= 0.3 is 0 Å². The second-order valence-corrected chi connectivity index (χ2v) is 9.01. The normalized spacial score (nSPS) is 15.2. The van der Waals surface area contributed by atoms with Gasteiger partial charge in [0.05, 0.1) is 22.2 Å². The standard InChI is InChI=1S/C21H33N5O.2ClH/c1-13(2)17-12-16(20(27)25(7)15-8-10-22-11-9-15)18-14(3)24-26(19(18)23-17)21(4,5)6;;/h12-13,15,22H,8-11H2,1-7H3;2*1H. The Hall–Kier alpha value is -1.37. The lowest BCUT2D eigenvalue weighted by Crippen LogP contribution is -2.44. The minimum absolute atomic E-state index is 0. The quantitative estimate of drug-likeness (QED) is 0.768. The molecule has 8 heteroatoms. The largest absolute Gasteiger partial charge is 0.339 e. The maximum absolute atomic E-state index is 13.5. The van der Waals surface area contributed by atoms with Crippen molar-refractivity contribution < 1.29 is 4.79 Å². The molecule has 6 nitrogen and oxygen atoms in total. The number of halogens is 2. The third-order valence-electron chi connectivity index (χ3n) is 5.47. The molecule has 1 aliphatic heterocycles. The van der Waals surface area contributed by atoms with Gasteiger partial charge in [-0.05, 0) is 65.6 Å². The van der Waals surface area contributed by atoms with Crippen LogP contribution in [0, 0.1) is 6.92 Å². The van der Waals surface area contributed by atoms with E-state index in [9.17, 15) is 4.79 Å². The van der Waals surface area contributed by atoms with Crippen LogP contribution in [0.1, 0.15) is 75.1 Å². The van der Waals surface area contributed by atoms with E-state index < -0.39 is 0 Å². The molecule has 1 N–H and O–H groups in total. The van der Waals surface area contributed by atoms with Crippen molar-refractivity contribution in [3.05, 3.63) is 23.0 Å². The Kier molecular flexibility index (Phi) is 8.52. The van der Waals surface area contributed by atoms with Crippen LogP contribution in [-0.4, -0.2) is 51.8 Å². The molecule has 2 aromatic rings. The molecule has 0 atom stereocenters. The third-order valence-corrected chi connectivity index (χ3v) is 5.47. The van der Waals surface area contributed by atoms with Gasteiger partial charge in [0, 0.05) is 18.8 Å². The molecule has 3 heterocycles. The fourth-order valence-corrected chi connectivity index (χ4v) is 3.79. The molecule has 1 amide bonds. The van der Waals surface area contributed by atoms with E-state index in [0.29, 0.717) is 0 Å². The highest BCUT2D eigenvalue weighted by Crippen LogP contribution is 2.30. The van der Waals surface area contributed by atoms with E-state index in [4.69, 9.17) is 10.1 Å². The van der Waals surface area contributed by atoms with Gasteiger partial charge in [0.1, 0.15) is 0 Å². The maximum Gasteiger partial charge on any atom is 0.254 e. The van der Waals surface area contributed by atoms with E-state index in [1.807, 2.05) is 29.6 Å². The highest BCUT2D eigenvalue weighted by Gasteiger charge is 2.29. The highest BCUT2D eigenvalue weighted by atomic mass is 35.5. The minimum Gasteiger partial charge on any atom is -0.339 e. The molecule has 0 spiro atoms. The summed E-state index contributed by atoms with van der Waals surface area (Å²) in [5.74, 6) is 0.321. The Labute approximate surface area is 186 Å². The smallest absolute Gasteiger partial charge is 0.254 e. The minimum atomic E-state index is -0.198. The summed E-state index contributed by atoms with van der Waals surface area (Å²) in [6.45, 7) is 14.5. The van der Waals surface area contributed by atoms with E-state index in [1.54, 1.807) is 0 Å². The molecule has 3 rings (SSSR count). The molecular formula is C21H35Cl2N5O. The van der Waals surface area contributed by atoms with E-state index in [1.165, 1.54) is 0 Å². The van der Waals surface area contributed by atoms with E-state index in [0.717, 1.165) is 53.9 Å². The zero-order valence-corrected chi connectivity index (χ0v) is 20.2. The number of piperidine rings is 1. The summed E-state index contributed by atoms with van der Waals surface area (Å²) >= 11 is 0. The number of amides is 1. The number of carbonyl (C=O) groups excluding carboxylic acids is 1. The molecule has 29 heavy (non-hydrogen) atoms. The lowest BCUT2D eigenvalue weighted by molar-refractivity contribution is 0.0705. The van der Waals surface area contributed by atoms with Crippen molar-refractivity contribution >= 4 is 41.8 Å². The Morgan fingerprint density at radius 1 is 1.24 bits per heavy atom. The molecule has 164 valence electrons. The number of aryl methyl sites for hydroxylation is 1. The fraction of sp³-hybridized carbons (Fsp3) is 0.667. The van der Waals surface area contributed by atoms with Gasteiger partial charge in [0.25, 0.3) is 5.91 Å². The summed E-state index contributed by atoms with van der Waals surface area (Å²) in [5, 5.41) is 9.01. The average Bonchev–Trinajstić information content (AvgIpc) is 2.97. The van der Waals surface area contributed by atoms with Crippen LogP contribution in [0.25, 0.3) is 11.0 Å². The Morgan fingerprint density at radius 3 is 2.34 bits per heavy atom. The molecule has 0 aromatic carbocycles. The highest BCUT2D eigenvalue weighted by molar-refractivity contribution is 6.06. The average molecular weight is 444 g/mol. The Bertz CT molecular complexity index is 851. The van der Waals surface area contributed by atoms with Gasteiger partial charge in [-0.1, -0.05) is 13.8 Å². The summed E-state index contributed by atoms with van der Waals surface area (Å²) in [5.41, 5.74) is 3.15. The number of carbonyl (C=O) groups is 1. The molecule has 0 aliphatic carbocycles. The number of hydrogen-bond acceptors (Lipinski definition) is 4. The maximum atomic E-state index is 13.5. The summed E-state index contributed by atoms with van der Waals surface area (Å²) < 4.78 is 1.96. The first-order valence-electron chi connectivity index (χ1n) is 10.00. The van der Waals surface area contributed by atoms with Crippen LogP contribution in [0.3, 0.4) is 0 Å². The summed E-state index contributed by atoms with van der Waals surface area (Å²) in [6, 6.07) is 2.26. The summed E-state index contributed by atoms with van der Waals surface area (Å²) in [4.78, 5) is 20.3. The number of hydrogen-bond donors (Lipinski definition) is 1. The lowest BCUT2D eigenvalue weighted by atomic mass is 10.0. The SMILES string of the molecule is Cc1nn(C(C)(C)C)c2nc(C(C)C)cc(C(=O)N(C)C3CCNCC3)c12.Cl.Cl. The van der Waals surface area contributed by atoms with Gasteiger partial charge in [0.15, 0.2) is 5.65 Å². The summed E-state index contributed by atoms with van der Waals surface area (Å²) in [6.07, 6.45) is 1.99. The molecule has 0 saturated carbocycles. The first-order valence-corrected chi connectivity index (χ1v) is 10.00. The predicted molar refractivity (Wildman–Crippen MR) is 124 cm³/mol. The van der Waals surface area contributed by atoms with Gasteiger partial charge in [-0.25, -0.2) is 9.67 Å². The molecule has 0 radical (unpaired) electrons. The molecule has 1 aliphatic rings. The van der Waals surface area contributed by atoms with Crippen LogP contribution in [-0.2, 0) is 5.54 Å². The number of nitrogens with zero attached hydrogens (tertiary/aromatic N) is 4. The first kappa shape index (κ1) is 25.7. The Balaban J connectivity index is 0.00000210. The van der Waals surface area contributed by atoms with Crippen LogP contribution in [0.5, 0.6) is 0 Å². The topological polar surface area (TPSA) is 63.1 Å². The number of nitrogens with one attached hydrogen (secondary N) is 1. The van der Waals surface area contributed by atoms with Gasteiger partial charge in [-0.15, -0.1) is 24.8 Å². The van der Waals surface area contributed by atoms with Crippen LogP contribution in [0.15, 0.2) is 6.07 Å². The van der Waals surface area contributed by atoms with Crippen molar-refractivity contribution in [1.29, 1.82) is 0 Å². The number of pyridine rings is 1. The van der Waals surface area contributed by atoms with Crippen molar-refractivity contribution in [2.75, 3.05) is 20.1 Å². The van der Waals surface area contributed by atoms with Gasteiger partial charge < -0.3 is 10.2 Å². The first-order chi connectivity index (χ1) is 12.6. The number of rotatable bonds is 3. The van der Waals surface area contributed by atoms with Gasteiger partial charge in [0.2, 0.25) is 0 Å². The van der Waals surface area contributed by atoms with Gasteiger partial charge in [-0.3, -0.25) is 4.79 Å². The van der Waals surface area contributed by atoms with Crippen molar-refractivity contribution in [2.24, 2.45) is 0 Å². The van der Waals surface area contributed by atoms with Crippen LogP contribution in [0.2, 0.25) is 0 Å². The van der Waals surface area contributed by atoms with E-state index in [2.05, 4.69) is 39.9 Å². The van der Waals surface area contributed by atoms with Crippen molar-refractivity contribution in [2.45, 2.75) is 71.9 Å². The number of aromatic nitrogens is 3. The van der Waals surface area contributed by atoms with Crippen LogP contribution in [0.4, 0.5) is 0 Å². The van der Waals surface area contributed by atoms with Crippen molar-refractivity contribution in [3.63, 3.8) is 0 Å². The van der Waals surface area contributed by atoms with Crippen LogP contribution >= 0.6 is 24.8 Å². The van der Waals surface area contributed by atoms with Gasteiger partial charge in [-0.2, -0.15) is 5.10 Å². The zero-order valence-electron chi connectivity index (χ0n) is 18.6. The molecule has 2 aromatic heterocycles. The lowest BCUT2D eigenvalue weighted by Gasteiger charge is -2.32. The van der Waals surface area contributed by atoms with E-state index in [-0.39, 0.29) is 48.2 Å². The van der Waals surface area contributed by atoms with Crippen molar-refractivity contribution in [3.8, 4) is 0 Å². The second kappa shape index (κ2) is 9.63. The fourth-order valence-electron chi connectivity index (χ4n) is 3.79.